The van der Waals surface area contributed by atoms with Gasteiger partial charge >= 0.3 is 5.97 Å². The van der Waals surface area contributed by atoms with Crippen molar-refractivity contribution in [2.75, 3.05) is 25.6 Å². The topological polar surface area (TPSA) is 110 Å². The third kappa shape index (κ3) is 5.47. The van der Waals surface area contributed by atoms with Crippen LogP contribution in [0.5, 0.6) is 11.5 Å². The molecule has 0 bridgehead atoms. The molecule has 0 atom stereocenters. The van der Waals surface area contributed by atoms with Crippen LogP contribution >= 0.6 is 0 Å². The average molecular weight is 380 g/mol. The van der Waals surface area contributed by atoms with Crippen LogP contribution in [-0.4, -0.2) is 50.2 Å². The second-order valence-electron chi connectivity index (χ2n) is 5.58. The van der Waals surface area contributed by atoms with Gasteiger partial charge in [0.05, 0.1) is 23.9 Å². The zero-order valence-electron chi connectivity index (χ0n) is 14.2. The monoisotopic (exact) mass is 380 g/mol. The van der Waals surface area contributed by atoms with Gasteiger partial charge in [-0.25, -0.2) is 13.2 Å². The van der Waals surface area contributed by atoms with Crippen molar-refractivity contribution in [3.8, 4) is 11.5 Å². The van der Waals surface area contributed by atoms with E-state index in [2.05, 4.69) is 0 Å². The molecule has 0 radical (unpaired) electrons. The molecule has 2 N–H and O–H groups in total. The van der Waals surface area contributed by atoms with Gasteiger partial charge in [-0.2, -0.15) is 0 Å². The minimum atomic E-state index is -3.40. The number of carboxylic acids is 1. The van der Waals surface area contributed by atoms with Crippen LogP contribution in [0, 0.1) is 6.92 Å². The lowest BCUT2D eigenvalue weighted by Gasteiger charge is -2.09. The number of ether oxygens (including phenoxy) is 2. The van der Waals surface area contributed by atoms with Gasteiger partial charge < -0.3 is 19.7 Å². The molecule has 8 heteroatoms. The van der Waals surface area contributed by atoms with E-state index in [1.54, 1.807) is 18.2 Å². The van der Waals surface area contributed by atoms with E-state index < -0.39 is 15.8 Å². The van der Waals surface area contributed by atoms with Crippen molar-refractivity contribution in [3.63, 3.8) is 0 Å². The summed E-state index contributed by atoms with van der Waals surface area (Å²) >= 11 is 0. The molecule has 0 aliphatic carbocycles. The van der Waals surface area contributed by atoms with Crippen LogP contribution in [0.4, 0.5) is 0 Å². The third-order valence-electron chi connectivity index (χ3n) is 3.54. The van der Waals surface area contributed by atoms with Crippen LogP contribution in [0.25, 0.3) is 0 Å². The highest BCUT2D eigenvalue weighted by Gasteiger charge is 2.14. The highest BCUT2D eigenvalue weighted by Crippen LogP contribution is 2.22. The molecule has 0 unspecified atom stereocenters. The van der Waals surface area contributed by atoms with Crippen LogP contribution in [0.15, 0.2) is 47.4 Å². The molecule has 0 aromatic heterocycles. The van der Waals surface area contributed by atoms with Crippen molar-refractivity contribution in [2.45, 2.75) is 11.8 Å². The predicted octanol–water partition coefficient (Wildman–Crippen LogP) is 2.27. The Morgan fingerprint density at radius 1 is 1.08 bits per heavy atom. The summed E-state index contributed by atoms with van der Waals surface area (Å²) in [5, 5.41) is 18.3. The Hall–Kier alpha value is -2.58. The van der Waals surface area contributed by atoms with Crippen LogP contribution < -0.4 is 4.74 Å². The van der Waals surface area contributed by atoms with Gasteiger partial charge in [-0.15, -0.1) is 0 Å². The summed E-state index contributed by atoms with van der Waals surface area (Å²) in [6.07, 6.45) is 0. The van der Waals surface area contributed by atoms with Crippen molar-refractivity contribution in [1.82, 2.24) is 0 Å². The van der Waals surface area contributed by atoms with E-state index in [0.29, 0.717) is 0 Å². The maximum Gasteiger partial charge on any atom is 0.339 e. The van der Waals surface area contributed by atoms with Gasteiger partial charge in [-0.3, -0.25) is 0 Å². The first-order valence-electron chi connectivity index (χ1n) is 7.86. The number of sulfone groups is 1. The zero-order valence-corrected chi connectivity index (χ0v) is 15.0. The summed E-state index contributed by atoms with van der Waals surface area (Å²) in [4.78, 5) is 11.2. The van der Waals surface area contributed by atoms with E-state index in [1.807, 2.05) is 13.0 Å². The molecule has 2 aromatic rings. The quantitative estimate of drug-likeness (QED) is 0.642. The van der Waals surface area contributed by atoms with Gasteiger partial charge in [0.15, 0.2) is 9.84 Å². The second-order valence-corrected chi connectivity index (χ2v) is 7.69. The molecule has 140 valence electrons. The van der Waals surface area contributed by atoms with E-state index in [4.69, 9.17) is 14.6 Å². The number of aromatic carboxylic acids is 1. The molecule has 0 saturated carbocycles. The Balaban J connectivity index is 1.76. The first kappa shape index (κ1) is 19.7. The number of carbonyl (C=O) groups is 1. The minimum Gasteiger partial charge on any atom is -0.507 e. The van der Waals surface area contributed by atoms with Crippen molar-refractivity contribution in [3.05, 3.63) is 53.6 Å². The molecular weight excluding hydrogens is 360 g/mol. The number of aromatic hydroxyl groups is 1. The van der Waals surface area contributed by atoms with E-state index >= 15 is 0 Å². The zero-order chi connectivity index (χ0) is 19.2. The summed E-state index contributed by atoms with van der Waals surface area (Å²) in [6, 6.07) is 10.6. The molecule has 0 aliphatic heterocycles. The van der Waals surface area contributed by atoms with Crippen molar-refractivity contribution >= 4 is 15.8 Å². The molecule has 0 spiro atoms. The smallest absolute Gasteiger partial charge is 0.339 e. The maximum absolute atomic E-state index is 12.2. The first-order chi connectivity index (χ1) is 12.3. The van der Waals surface area contributed by atoms with Crippen molar-refractivity contribution in [1.29, 1.82) is 0 Å². The Morgan fingerprint density at radius 2 is 1.85 bits per heavy atom. The van der Waals surface area contributed by atoms with Gasteiger partial charge in [0.1, 0.15) is 23.7 Å². The molecule has 0 heterocycles. The highest BCUT2D eigenvalue weighted by molar-refractivity contribution is 7.91. The van der Waals surface area contributed by atoms with Crippen LogP contribution in [0.1, 0.15) is 15.9 Å². The number of rotatable bonds is 9. The Labute approximate surface area is 151 Å². The Bertz CT molecular complexity index is 875. The van der Waals surface area contributed by atoms with Gasteiger partial charge in [0.2, 0.25) is 0 Å². The molecule has 0 amide bonds. The molecule has 2 aromatic carbocycles. The number of phenols is 1. The molecule has 0 fully saturated rings. The van der Waals surface area contributed by atoms with Gasteiger partial charge in [-0.1, -0.05) is 12.1 Å². The lowest BCUT2D eigenvalue weighted by Crippen LogP contribution is -2.15. The highest BCUT2D eigenvalue weighted by atomic mass is 32.2. The fourth-order valence-corrected chi connectivity index (χ4v) is 3.42. The van der Waals surface area contributed by atoms with Gasteiger partial charge in [-0.05, 0) is 42.8 Å². The number of benzene rings is 2. The summed E-state index contributed by atoms with van der Waals surface area (Å²) in [6.45, 7) is 2.11. The lowest BCUT2D eigenvalue weighted by molar-refractivity contribution is 0.0693. The fourth-order valence-electron chi connectivity index (χ4n) is 2.19. The predicted molar refractivity (Wildman–Crippen MR) is 94.6 cm³/mol. The summed E-state index contributed by atoms with van der Waals surface area (Å²) < 4.78 is 35.0. The second kappa shape index (κ2) is 8.68. The van der Waals surface area contributed by atoms with Crippen LogP contribution in [0.2, 0.25) is 0 Å². The van der Waals surface area contributed by atoms with E-state index in [0.717, 1.165) is 5.56 Å². The average Bonchev–Trinajstić information content (AvgIpc) is 2.59. The number of carboxylic acid groups (broad SMARTS) is 1. The van der Waals surface area contributed by atoms with Gasteiger partial charge in [0, 0.05) is 0 Å². The van der Waals surface area contributed by atoms with Crippen molar-refractivity contribution < 1.29 is 32.9 Å². The van der Waals surface area contributed by atoms with E-state index in [1.165, 1.54) is 18.2 Å². The molecular formula is C18H20O7S. The largest absolute Gasteiger partial charge is 0.507 e. The fraction of sp³-hybridized carbons (Fsp3) is 0.278. The minimum absolute atomic E-state index is 0.0234. The number of aryl methyl sites for hydroxylation is 1. The lowest BCUT2D eigenvalue weighted by atomic mass is 10.2. The normalized spacial score (nSPS) is 11.3. The van der Waals surface area contributed by atoms with Gasteiger partial charge in [0.25, 0.3) is 0 Å². The molecule has 0 saturated heterocycles. The first-order valence-corrected chi connectivity index (χ1v) is 9.51. The van der Waals surface area contributed by atoms with E-state index in [9.17, 15) is 18.3 Å². The van der Waals surface area contributed by atoms with Crippen LogP contribution in [-0.2, 0) is 14.6 Å². The number of hydrogen-bond donors (Lipinski definition) is 2. The van der Waals surface area contributed by atoms with Crippen molar-refractivity contribution in [2.24, 2.45) is 0 Å². The molecule has 26 heavy (non-hydrogen) atoms. The summed E-state index contributed by atoms with van der Waals surface area (Å²) in [5.41, 5.74) is 0.614. The maximum atomic E-state index is 12.2. The summed E-state index contributed by atoms with van der Waals surface area (Å²) in [5.74, 6) is -1.47. The molecule has 7 nitrogen and oxygen atoms in total. The summed E-state index contributed by atoms with van der Waals surface area (Å²) in [7, 11) is -3.40. The Morgan fingerprint density at radius 3 is 2.54 bits per heavy atom. The number of hydrogen-bond acceptors (Lipinski definition) is 6. The Kier molecular flexibility index (Phi) is 6.59. The van der Waals surface area contributed by atoms with Crippen LogP contribution in [0.3, 0.4) is 0 Å². The molecule has 2 rings (SSSR count). The molecule has 0 aliphatic rings. The SMILES string of the molecule is Cc1cccc(S(=O)(=O)CCOCCOc2ccc(O)c(C(=O)O)c2)c1. The van der Waals surface area contributed by atoms with E-state index in [-0.39, 0.29) is 47.5 Å². The third-order valence-corrected chi connectivity index (χ3v) is 5.22. The standard InChI is InChI=1S/C18H20O7S/c1-13-3-2-4-15(11-13)26(22,23)10-9-24-7-8-25-14-5-6-17(19)16(12-14)18(20)21/h2-6,11-12,19H,7-10H2,1H3,(H,20,21).